The topological polar surface area (TPSA) is 90.9 Å². The predicted molar refractivity (Wildman–Crippen MR) is 127 cm³/mol. The maximum Gasteiger partial charge on any atom is 0.332 e. The molecule has 0 saturated heterocycles. The van der Waals surface area contributed by atoms with Gasteiger partial charge in [-0.2, -0.15) is 0 Å². The molecule has 2 aromatic carbocycles. The quantitative estimate of drug-likeness (QED) is 0.454. The van der Waals surface area contributed by atoms with Gasteiger partial charge in [-0.3, -0.25) is 18.7 Å². The second-order valence-electron chi connectivity index (χ2n) is 7.89. The normalized spacial score (nSPS) is 12.1. The number of imidazole rings is 1. The fourth-order valence-electron chi connectivity index (χ4n) is 3.90. The number of amides is 1. The minimum Gasteiger partial charge on any atom is -0.345 e. The molecule has 170 valence electrons. The molecular weight excluding hydrogens is 442 g/mol. The van der Waals surface area contributed by atoms with E-state index >= 15 is 0 Å². The SMILES string of the molecule is Cn1c(=O)c2c(ncn2CCCC(=O)NC(c2ccccc2)c2cccc(Cl)c2)n(C)c1=O. The number of benzene rings is 2. The van der Waals surface area contributed by atoms with Crippen molar-refractivity contribution in [2.75, 3.05) is 0 Å². The van der Waals surface area contributed by atoms with Gasteiger partial charge >= 0.3 is 5.69 Å². The van der Waals surface area contributed by atoms with Crippen LogP contribution < -0.4 is 16.6 Å². The first-order valence-corrected chi connectivity index (χ1v) is 10.9. The standard InChI is InChI=1S/C24H24ClN5O3/c1-28-22-21(23(32)29(2)24(28)33)30(15-26-22)13-7-12-19(31)27-20(16-8-4-3-5-9-16)17-10-6-11-18(25)14-17/h3-6,8-11,14-15,20H,7,12-13H2,1-2H3,(H,27,31). The first-order valence-electron chi connectivity index (χ1n) is 10.6. The Morgan fingerprint density at radius 3 is 2.48 bits per heavy atom. The number of hydrogen-bond acceptors (Lipinski definition) is 4. The Morgan fingerprint density at radius 1 is 1.03 bits per heavy atom. The van der Waals surface area contributed by atoms with Crippen molar-refractivity contribution in [3.8, 4) is 0 Å². The Hall–Kier alpha value is -3.65. The fraction of sp³-hybridized carbons (Fsp3) is 0.250. The summed E-state index contributed by atoms with van der Waals surface area (Å²) in [5.41, 5.74) is 1.70. The highest BCUT2D eigenvalue weighted by atomic mass is 35.5. The molecule has 4 aromatic rings. The van der Waals surface area contributed by atoms with E-state index in [1.165, 1.54) is 17.9 Å². The van der Waals surface area contributed by atoms with E-state index in [4.69, 9.17) is 11.6 Å². The molecule has 2 heterocycles. The smallest absolute Gasteiger partial charge is 0.332 e. The van der Waals surface area contributed by atoms with Crippen molar-refractivity contribution in [3.63, 3.8) is 0 Å². The third kappa shape index (κ3) is 4.61. The molecule has 0 radical (unpaired) electrons. The monoisotopic (exact) mass is 465 g/mol. The zero-order valence-corrected chi connectivity index (χ0v) is 19.1. The van der Waals surface area contributed by atoms with Crippen LogP contribution in [0.1, 0.15) is 30.0 Å². The summed E-state index contributed by atoms with van der Waals surface area (Å²) >= 11 is 6.18. The van der Waals surface area contributed by atoms with Crippen molar-refractivity contribution in [1.82, 2.24) is 24.0 Å². The van der Waals surface area contributed by atoms with Crippen molar-refractivity contribution in [3.05, 3.63) is 97.9 Å². The zero-order valence-electron chi connectivity index (χ0n) is 18.4. The van der Waals surface area contributed by atoms with E-state index in [-0.39, 0.29) is 18.4 Å². The first kappa shape index (κ1) is 22.5. The van der Waals surface area contributed by atoms with Crippen LogP contribution in [0.5, 0.6) is 0 Å². The summed E-state index contributed by atoms with van der Waals surface area (Å²) in [6, 6.07) is 16.8. The van der Waals surface area contributed by atoms with E-state index in [9.17, 15) is 14.4 Å². The van der Waals surface area contributed by atoms with Gasteiger partial charge in [-0.25, -0.2) is 9.78 Å². The van der Waals surface area contributed by atoms with Gasteiger partial charge in [0.25, 0.3) is 5.56 Å². The average molecular weight is 466 g/mol. The summed E-state index contributed by atoms with van der Waals surface area (Å²) in [7, 11) is 3.02. The lowest BCUT2D eigenvalue weighted by atomic mass is 9.98. The first-order chi connectivity index (χ1) is 15.9. The molecule has 0 fully saturated rings. The van der Waals surface area contributed by atoms with Crippen LogP contribution in [-0.2, 0) is 25.4 Å². The van der Waals surface area contributed by atoms with Gasteiger partial charge in [0.1, 0.15) is 0 Å². The van der Waals surface area contributed by atoms with Gasteiger partial charge in [-0.1, -0.05) is 54.1 Å². The molecule has 9 heteroatoms. The Kier molecular flexibility index (Phi) is 6.46. The van der Waals surface area contributed by atoms with Crippen LogP contribution in [0.4, 0.5) is 0 Å². The molecule has 1 unspecified atom stereocenters. The molecule has 0 saturated carbocycles. The summed E-state index contributed by atoms with van der Waals surface area (Å²) in [6.45, 7) is 0.421. The Balaban J connectivity index is 1.49. The van der Waals surface area contributed by atoms with Crippen molar-refractivity contribution in [1.29, 1.82) is 0 Å². The van der Waals surface area contributed by atoms with Gasteiger partial charge < -0.3 is 9.88 Å². The van der Waals surface area contributed by atoms with Crippen molar-refractivity contribution in [2.45, 2.75) is 25.4 Å². The van der Waals surface area contributed by atoms with Crippen LogP contribution >= 0.6 is 11.6 Å². The van der Waals surface area contributed by atoms with E-state index < -0.39 is 11.2 Å². The van der Waals surface area contributed by atoms with E-state index in [2.05, 4.69) is 10.3 Å². The molecule has 1 amide bonds. The number of rotatable bonds is 7. The molecule has 33 heavy (non-hydrogen) atoms. The lowest BCUT2D eigenvalue weighted by Gasteiger charge is -2.20. The molecule has 4 rings (SSSR count). The average Bonchev–Trinajstić information content (AvgIpc) is 3.24. The summed E-state index contributed by atoms with van der Waals surface area (Å²) < 4.78 is 4.09. The van der Waals surface area contributed by atoms with Gasteiger partial charge in [0.2, 0.25) is 5.91 Å². The Morgan fingerprint density at radius 2 is 1.76 bits per heavy atom. The highest BCUT2D eigenvalue weighted by Gasteiger charge is 2.18. The van der Waals surface area contributed by atoms with Gasteiger partial charge in [-0.15, -0.1) is 0 Å². The number of aryl methyl sites for hydroxylation is 2. The Labute approximate surface area is 195 Å². The second-order valence-corrected chi connectivity index (χ2v) is 8.32. The number of aromatic nitrogens is 4. The van der Waals surface area contributed by atoms with E-state index in [1.807, 2.05) is 48.5 Å². The molecular formula is C24H24ClN5O3. The minimum atomic E-state index is -0.426. The largest absolute Gasteiger partial charge is 0.345 e. The lowest BCUT2D eigenvalue weighted by molar-refractivity contribution is -0.121. The van der Waals surface area contributed by atoms with Crippen molar-refractivity contribution in [2.24, 2.45) is 14.1 Å². The summed E-state index contributed by atoms with van der Waals surface area (Å²) in [6.07, 6.45) is 2.29. The summed E-state index contributed by atoms with van der Waals surface area (Å²) in [5, 5.41) is 3.70. The van der Waals surface area contributed by atoms with Crippen molar-refractivity contribution >= 4 is 28.7 Å². The highest BCUT2D eigenvalue weighted by Crippen LogP contribution is 2.24. The van der Waals surface area contributed by atoms with Crippen LogP contribution in [0, 0.1) is 0 Å². The van der Waals surface area contributed by atoms with Crippen LogP contribution in [0.2, 0.25) is 5.02 Å². The number of fused-ring (bicyclic) bond motifs is 1. The predicted octanol–water partition coefficient (Wildman–Crippen LogP) is 2.77. The Bertz CT molecular complexity index is 1420. The maximum atomic E-state index is 12.8. The summed E-state index contributed by atoms with van der Waals surface area (Å²) in [5.74, 6) is -0.117. The molecule has 0 aliphatic rings. The summed E-state index contributed by atoms with van der Waals surface area (Å²) in [4.78, 5) is 41.7. The number of nitrogens with one attached hydrogen (secondary N) is 1. The van der Waals surface area contributed by atoms with E-state index in [1.54, 1.807) is 17.7 Å². The van der Waals surface area contributed by atoms with E-state index in [0.29, 0.717) is 29.2 Å². The second kappa shape index (κ2) is 9.46. The van der Waals surface area contributed by atoms with Crippen LogP contribution in [0.25, 0.3) is 11.2 Å². The van der Waals surface area contributed by atoms with Crippen LogP contribution in [-0.4, -0.2) is 24.6 Å². The molecule has 2 aromatic heterocycles. The third-order valence-electron chi connectivity index (χ3n) is 5.64. The number of hydrogen-bond donors (Lipinski definition) is 1. The van der Waals surface area contributed by atoms with Crippen LogP contribution in [0.3, 0.4) is 0 Å². The molecule has 1 N–H and O–H groups in total. The molecule has 1 atom stereocenters. The third-order valence-corrected chi connectivity index (χ3v) is 5.88. The molecule has 8 nitrogen and oxygen atoms in total. The van der Waals surface area contributed by atoms with Gasteiger partial charge in [0.05, 0.1) is 12.4 Å². The zero-order chi connectivity index (χ0) is 23.5. The maximum absolute atomic E-state index is 12.8. The fourth-order valence-corrected chi connectivity index (χ4v) is 4.10. The van der Waals surface area contributed by atoms with Crippen LogP contribution in [0.15, 0.2) is 70.5 Å². The number of carbonyl (C=O) groups excluding carboxylic acids is 1. The molecule has 0 aliphatic heterocycles. The number of nitrogens with zero attached hydrogens (tertiary/aromatic N) is 4. The van der Waals surface area contributed by atoms with E-state index in [0.717, 1.165) is 15.7 Å². The molecule has 0 spiro atoms. The number of carbonyl (C=O) groups is 1. The van der Waals surface area contributed by atoms with Gasteiger partial charge in [-0.05, 0) is 29.7 Å². The van der Waals surface area contributed by atoms with Crippen molar-refractivity contribution < 1.29 is 4.79 Å². The minimum absolute atomic E-state index is 0.117. The number of halogens is 1. The molecule has 0 bridgehead atoms. The molecule has 0 aliphatic carbocycles. The highest BCUT2D eigenvalue weighted by molar-refractivity contribution is 6.30. The lowest BCUT2D eigenvalue weighted by Crippen LogP contribution is -2.37. The van der Waals surface area contributed by atoms with Gasteiger partial charge in [0.15, 0.2) is 11.2 Å². The van der Waals surface area contributed by atoms with Gasteiger partial charge in [0, 0.05) is 32.1 Å².